The summed E-state index contributed by atoms with van der Waals surface area (Å²) in [4.78, 5) is 2.90. The first-order valence-corrected chi connectivity index (χ1v) is 7.84. The van der Waals surface area contributed by atoms with Crippen molar-refractivity contribution in [1.82, 2.24) is 10.2 Å². The van der Waals surface area contributed by atoms with Crippen LogP contribution in [0.1, 0.15) is 51.4 Å². The highest BCUT2D eigenvalue weighted by Gasteiger charge is 2.46. The molecule has 1 atom stereocenters. The third kappa shape index (κ3) is 2.15. The van der Waals surface area contributed by atoms with Gasteiger partial charge in [0.15, 0.2) is 0 Å². The van der Waals surface area contributed by atoms with Crippen LogP contribution in [0.3, 0.4) is 0 Å². The zero-order chi connectivity index (χ0) is 11.3. The van der Waals surface area contributed by atoms with E-state index in [0.29, 0.717) is 5.54 Å². The predicted octanol–water partition coefficient (Wildman–Crippen LogP) is 2.39. The van der Waals surface area contributed by atoms with Gasteiger partial charge in [0, 0.05) is 31.2 Å². The number of rotatable bonds is 3. The van der Waals surface area contributed by atoms with E-state index in [1.54, 1.807) is 0 Å². The molecule has 1 unspecified atom stereocenters. The summed E-state index contributed by atoms with van der Waals surface area (Å²) in [5.74, 6) is 2.10. The van der Waals surface area contributed by atoms with Gasteiger partial charge < -0.3 is 5.32 Å². The van der Waals surface area contributed by atoms with Gasteiger partial charge in [-0.15, -0.1) is 0 Å². The fourth-order valence-corrected chi connectivity index (χ4v) is 4.18. The lowest BCUT2D eigenvalue weighted by molar-refractivity contribution is 0.0652. The van der Waals surface area contributed by atoms with Crippen LogP contribution < -0.4 is 5.32 Å². The van der Waals surface area contributed by atoms with Gasteiger partial charge >= 0.3 is 0 Å². The molecule has 1 saturated heterocycles. The third-order valence-corrected chi connectivity index (χ3v) is 5.58. The van der Waals surface area contributed by atoms with Crippen molar-refractivity contribution in [2.24, 2.45) is 11.8 Å². The molecule has 4 aliphatic rings. The molecule has 96 valence electrons. The summed E-state index contributed by atoms with van der Waals surface area (Å²) in [5, 5.41) is 3.95. The molecule has 0 radical (unpaired) electrons. The molecule has 0 aromatic heterocycles. The highest BCUT2D eigenvalue weighted by Crippen LogP contribution is 2.42. The summed E-state index contributed by atoms with van der Waals surface area (Å²) in [6.07, 6.45) is 11.8. The fourth-order valence-electron chi connectivity index (χ4n) is 4.18. The average Bonchev–Trinajstić information content (AvgIpc) is 3.22. The van der Waals surface area contributed by atoms with Gasteiger partial charge in [-0.1, -0.05) is 12.8 Å². The van der Waals surface area contributed by atoms with Crippen LogP contribution in [-0.4, -0.2) is 36.1 Å². The highest BCUT2D eigenvalue weighted by atomic mass is 15.3. The molecule has 3 saturated carbocycles. The van der Waals surface area contributed by atoms with Crippen LogP contribution in [0.4, 0.5) is 0 Å². The summed E-state index contributed by atoms with van der Waals surface area (Å²) in [7, 11) is 0. The lowest BCUT2D eigenvalue weighted by atomic mass is 9.91. The Morgan fingerprint density at radius 1 is 1.06 bits per heavy atom. The van der Waals surface area contributed by atoms with Crippen molar-refractivity contribution in [2.45, 2.75) is 62.9 Å². The van der Waals surface area contributed by atoms with E-state index < -0.39 is 0 Å². The van der Waals surface area contributed by atoms with Gasteiger partial charge in [-0.25, -0.2) is 0 Å². The maximum atomic E-state index is 3.95. The predicted molar refractivity (Wildman–Crippen MR) is 70.0 cm³/mol. The zero-order valence-electron chi connectivity index (χ0n) is 11.0. The molecule has 0 amide bonds. The number of hydrogen-bond donors (Lipinski definition) is 1. The summed E-state index contributed by atoms with van der Waals surface area (Å²) in [5.41, 5.74) is 0.528. The molecule has 2 heteroatoms. The topological polar surface area (TPSA) is 15.3 Å². The highest BCUT2D eigenvalue weighted by molar-refractivity contribution is 5.04. The van der Waals surface area contributed by atoms with Gasteiger partial charge in [-0.05, 0) is 50.4 Å². The Bertz CT molecular complexity index is 287. The molecule has 4 rings (SSSR count). The molecule has 0 bridgehead atoms. The third-order valence-electron chi connectivity index (χ3n) is 5.58. The number of hydrogen-bond acceptors (Lipinski definition) is 2. The van der Waals surface area contributed by atoms with Crippen LogP contribution in [0.2, 0.25) is 0 Å². The Kier molecular flexibility index (Phi) is 2.52. The Labute approximate surface area is 105 Å². The zero-order valence-corrected chi connectivity index (χ0v) is 11.0. The van der Waals surface area contributed by atoms with Gasteiger partial charge in [0.25, 0.3) is 0 Å². The second-order valence-electron chi connectivity index (χ2n) is 7.15. The molecule has 3 aliphatic carbocycles. The monoisotopic (exact) mass is 234 g/mol. The first-order chi connectivity index (χ1) is 8.35. The standard InChI is InChI=1S/C15H26N2/c1-2-8-15(7-1)11-17(10-12-3-4-12)14(9-16-15)13-5-6-13/h12-14,16H,1-11H2. The number of piperazine rings is 1. The van der Waals surface area contributed by atoms with Crippen molar-refractivity contribution >= 4 is 0 Å². The smallest absolute Gasteiger partial charge is 0.0309 e. The summed E-state index contributed by atoms with van der Waals surface area (Å²) >= 11 is 0. The van der Waals surface area contributed by atoms with Gasteiger partial charge in [-0.2, -0.15) is 0 Å². The Hall–Kier alpha value is -0.0800. The van der Waals surface area contributed by atoms with Crippen LogP contribution in [-0.2, 0) is 0 Å². The molecule has 1 N–H and O–H groups in total. The van der Waals surface area contributed by atoms with Crippen LogP contribution >= 0.6 is 0 Å². The SMILES string of the molecule is C1CCC2(C1)CN(CC1CC1)C(C1CC1)CN2. The van der Waals surface area contributed by atoms with E-state index in [1.165, 1.54) is 71.0 Å². The van der Waals surface area contributed by atoms with Crippen molar-refractivity contribution < 1.29 is 0 Å². The van der Waals surface area contributed by atoms with Gasteiger partial charge in [0.2, 0.25) is 0 Å². The largest absolute Gasteiger partial charge is 0.308 e. The normalized spacial score (nSPS) is 37.8. The summed E-state index contributed by atoms with van der Waals surface area (Å²) in [6, 6.07) is 0.891. The van der Waals surface area contributed by atoms with E-state index in [0.717, 1.165) is 17.9 Å². The molecule has 1 heterocycles. The van der Waals surface area contributed by atoms with Gasteiger partial charge in [0.05, 0.1) is 0 Å². The minimum absolute atomic E-state index is 0.528. The molecular weight excluding hydrogens is 208 g/mol. The van der Waals surface area contributed by atoms with Crippen LogP contribution in [0, 0.1) is 11.8 Å². The van der Waals surface area contributed by atoms with E-state index in [9.17, 15) is 0 Å². The maximum Gasteiger partial charge on any atom is 0.0309 e. The van der Waals surface area contributed by atoms with E-state index in [-0.39, 0.29) is 0 Å². The Morgan fingerprint density at radius 3 is 2.47 bits per heavy atom. The van der Waals surface area contributed by atoms with Crippen molar-refractivity contribution in [3.63, 3.8) is 0 Å². The molecule has 0 aromatic carbocycles. The molecular formula is C15H26N2. The van der Waals surface area contributed by atoms with E-state index in [2.05, 4.69) is 10.2 Å². The second-order valence-corrected chi connectivity index (χ2v) is 7.15. The van der Waals surface area contributed by atoms with E-state index >= 15 is 0 Å². The van der Waals surface area contributed by atoms with E-state index in [1.807, 2.05) is 0 Å². The molecule has 17 heavy (non-hydrogen) atoms. The van der Waals surface area contributed by atoms with Crippen LogP contribution in [0.5, 0.6) is 0 Å². The minimum Gasteiger partial charge on any atom is -0.308 e. The fraction of sp³-hybridized carbons (Fsp3) is 1.00. The van der Waals surface area contributed by atoms with Gasteiger partial charge in [0.1, 0.15) is 0 Å². The van der Waals surface area contributed by atoms with Crippen LogP contribution in [0.25, 0.3) is 0 Å². The lowest BCUT2D eigenvalue weighted by Gasteiger charge is -2.47. The first kappa shape index (κ1) is 10.8. The molecule has 2 nitrogen and oxygen atoms in total. The first-order valence-electron chi connectivity index (χ1n) is 7.84. The van der Waals surface area contributed by atoms with Crippen molar-refractivity contribution in [3.05, 3.63) is 0 Å². The Balaban J connectivity index is 1.47. The van der Waals surface area contributed by atoms with E-state index in [4.69, 9.17) is 0 Å². The van der Waals surface area contributed by atoms with Crippen LogP contribution in [0.15, 0.2) is 0 Å². The number of nitrogens with one attached hydrogen (secondary N) is 1. The average molecular weight is 234 g/mol. The molecule has 4 fully saturated rings. The van der Waals surface area contributed by atoms with Gasteiger partial charge in [-0.3, -0.25) is 4.90 Å². The number of nitrogens with zero attached hydrogens (tertiary/aromatic N) is 1. The summed E-state index contributed by atoms with van der Waals surface area (Å²) in [6.45, 7) is 4.08. The Morgan fingerprint density at radius 2 is 1.82 bits per heavy atom. The molecule has 1 spiro atoms. The van der Waals surface area contributed by atoms with Crippen molar-refractivity contribution in [2.75, 3.05) is 19.6 Å². The molecule has 0 aromatic rings. The lowest BCUT2D eigenvalue weighted by Crippen LogP contribution is -2.64. The summed E-state index contributed by atoms with van der Waals surface area (Å²) < 4.78 is 0. The second kappa shape index (κ2) is 3.96. The quantitative estimate of drug-likeness (QED) is 0.806. The minimum atomic E-state index is 0.528. The van der Waals surface area contributed by atoms with Crippen molar-refractivity contribution in [1.29, 1.82) is 0 Å². The van der Waals surface area contributed by atoms with Crippen molar-refractivity contribution in [3.8, 4) is 0 Å². The maximum absolute atomic E-state index is 3.95. The molecule has 1 aliphatic heterocycles.